The summed E-state index contributed by atoms with van der Waals surface area (Å²) in [5.41, 5.74) is -0.267. The third-order valence-electron chi connectivity index (χ3n) is 4.16. The number of aromatic nitrogens is 7. The maximum Gasteiger partial charge on any atom is 0.230 e. The summed E-state index contributed by atoms with van der Waals surface area (Å²) in [6.07, 6.45) is 6.95. The highest BCUT2D eigenvalue weighted by Crippen LogP contribution is 2.29. The van der Waals surface area contributed by atoms with Gasteiger partial charge < -0.3 is 10.6 Å². The van der Waals surface area contributed by atoms with Crippen LogP contribution in [0.25, 0.3) is 0 Å². The molecule has 0 aliphatic heterocycles. The zero-order valence-corrected chi connectivity index (χ0v) is 15.9. The van der Waals surface area contributed by atoms with Crippen molar-refractivity contribution in [3.05, 3.63) is 34.8 Å². The Bertz CT molecular complexity index is 1010. The van der Waals surface area contributed by atoms with Crippen molar-refractivity contribution >= 4 is 33.5 Å². The van der Waals surface area contributed by atoms with Crippen LogP contribution in [0.15, 0.2) is 29.1 Å². The second kappa shape index (κ2) is 6.35. The highest BCUT2D eigenvalue weighted by molar-refractivity contribution is 9.10. The zero-order chi connectivity index (χ0) is 20.8. The number of halogens is 1. The van der Waals surface area contributed by atoms with E-state index in [2.05, 4.69) is 51.8 Å². The van der Waals surface area contributed by atoms with Crippen LogP contribution in [-0.4, -0.2) is 40.8 Å². The van der Waals surface area contributed by atoms with Gasteiger partial charge in [-0.3, -0.25) is 4.68 Å². The molecule has 1 saturated carbocycles. The van der Waals surface area contributed by atoms with Crippen LogP contribution in [-0.2, 0) is 12.5 Å². The molecule has 0 radical (unpaired) electrons. The predicted octanol–water partition coefficient (Wildman–Crippen LogP) is 2.67. The van der Waals surface area contributed by atoms with Crippen LogP contribution in [0.1, 0.15) is 36.5 Å². The molecule has 3 heterocycles. The van der Waals surface area contributed by atoms with Gasteiger partial charge in [0.15, 0.2) is 0 Å². The molecule has 3 aromatic heterocycles. The molecule has 0 aromatic carbocycles. The van der Waals surface area contributed by atoms with E-state index >= 15 is 0 Å². The number of hydrogen-bond donors (Lipinski definition) is 2. The van der Waals surface area contributed by atoms with Crippen molar-refractivity contribution in [3.8, 4) is 0 Å². The summed E-state index contributed by atoms with van der Waals surface area (Å²) in [7, 11) is 0. The predicted molar refractivity (Wildman–Crippen MR) is 101 cm³/mol. The second-order valence-electron chi connectivity index (χ2n) is 6.64. The summed E-state index contributed by atoms with van der Waals surface area (Å²) in [5.74, 6) is 1.18. The van der Waals surface area contributed by atoms with Gasteiger partial charge in [-0.25, -0.2) is 4.98 Å². The topological polar surface area (TPSA) is 98.4 Å². The van der Waals surface area contributed by atoms with Crippen LogP contribution in [0.3, 0.4) is 0 Å². The fourth-order valence-electron chi connectivity index (χ4n) is 2.44. The first-order valence-corrected chi connectivity index (χ1v) is 8.98. The Morgan fingerprint density at radius 1 is 1.31 bits per heavy atom. The molecule has 10 heteroatoms. The first kappa shape index (κ1) is 13.7. The molecule has 1 aliphatic rings. The molecule has 0 bridgehead atoms. The minimum Gasteiger partial charge on any atom is -0.366 e. The minimum atomic E-state index is -2.49. The summed E-state index contributed by atoms with van der Waals surface area (Å²) in [5, 5.41) is 18.9. The van der Waals surface area contributed by atoms with E-state index in [0.29, 0.717) is 17.6 Å². The van der Waals surface area contributed by atoms with Gasteiger partial charge in [-0.05, 0) is 42.6 Å². The number of rotatable bonds is 6. The Hall–Kier alpha value is -2.49. The lowest BCUT2D eigenvalue weighted by atomic mass is 10.0. The lowest BCUT2D eigenvalue weighted by Gasteiger charge is -2.20. The lowest BCUT2D eigenvalue weighted by Crippen LogP contribution is -2.30. The maximum atomic E-state index is 7.84. The zero-order valence-electron chi connectivity index (χ0n) is 17.3. The van der Waals surface area contributed by atoms with Crippen LogP contribution in [0.4, 0.5) is 17.6 Å². The molecule has 0 atom stereocenters. The SMILES string of the molecule is [2H]C([2H])([2H])n1nc(C(C)(C)n2nccn2)cc1Nc1ncc(Br)c(NC2CC2)n1. The van der Waals surface area contributed by atoms with Gasteiger partial charge in [0.2, 0.25) is 5.95 Å². The van der Waals surface area contributed by atoms with Crippen LogP contribution >= 0.6 is 15.9 Å². The minimum absolute atomic E-state index is 0.250. The third kappa shape index (κ3) is 3.28. The highest BCUT2D eigenvalue weighted by atomic mass is 79.9. The Morgan fingerprint density at radius 2 is 2.08 bits per heavy atom. The Labute approximate surface area is 163 Å². The molecule has 3 aromatic rings. The van der Waals surface area contributed by atoms with Crippen LogP contribution in [0.5, 0.6) is 0 Å². The van der Waals surface area contributed by atoms with Crippen molar-refractivity contribution in [2.75, 3.05) is 10.6 Å². The molecular weight excluding hydrogens is 398 g/mol. The van der Waals surface area contributed by atoms with Crippen molar-refractivity contribution in [2.45, 2.75) is 38.3 Å². The fraction of sp³-hybridized carbons (Fsp3) is 0.438. The van der Waals surface area contributed by atoms with Crippen LogP contribution in [0.2, 0.25) is 0 Å². The standard InChI is InChI=1S/C16H20BrN9/c1-16(2,26-19-6-7-20-26)12-8-13(25(3)24-12)22-15-18-9-11(17)14(23-15)21-10-4-5-10/h6-10H,4-5H2,1-3H3,(H2,18,21,22,23)/i3D3. The van der Waals surface area contributed by atoms with Gasteiger partial charge in [-0.2, -0.15) is 25.1 Å². The van der Waals surface area contributed by atoms with Gasteiger partial charge in [0, 0.05) is 29.4 Å². The van der Waals surface area contributed by atoms with E-state index in [1.54, 1.807) is 24.7 Å². The van der Waals surface area contributed by atoms with Crippen molar-refractivity contribution < 1.29 is 4.11 Å². The Kier molecular flexibility index (Phi) is 3.34. The normalized spacial score (nSPS) is 16.7. The smallest absolute Gasteiger partial charge is 0.230 e. The first-order valence-electron chi connectivity index (χ1n) is 9.68. The van der Waals surface area contributed by atoms with Crippen molar-refractivity contribution in [3.63, 3.8) is 0 Å². The van der Waals surface area contributed by atoms with Gasteiger partial charge >= 0.3 is 0 Å². The molecule has 1 aliphatic carbocycles. The first-order chi connectivity index (χ1) is 13.6. The number of nitrogens with one attached hydrogen (secondary N) is 2. The summed E-state index contributed by atoms with van der Waals surface area (Å²) in [4.78, 5) is 10.2. The van der Waals surface area contributed by atoms with Gasteiger partial charge in [0.1, 0.15) is 17.2 Å². The number of hydrogen-bond acceptors (Lipinski definition) is 7. The van der Waals surface area contributed by atoms with E-state index in [9.17, 15) is 0 Å². The summed E-state index contributed by atoms with van der Waals surface area (Å²) in [6, 6.07) is 2.06. The highest BCUT2D eigenvalue weighted by Gasteiger charge is 2.29. The molecule has 9 nitrogen and oxygen atoms in total. The van der Waals surface area contributed by atoms with E-state index < -0.39 is 12.5 Å². The molecule has 2 N–H and O–H groups in total. The molecule has 0 spiro atoms. The molecule has 4 rings (SSSR count). The van der Waals surface area contributed by atoms with Crippen molar-refractivity contribution in [1.82, 2.24) is 34.7 Å². The molecule has 0 amide bonds. The maximum absolute atomic E-state index is 7.84. The molecule has 0 unspecified atom stereocenters. The second-order valence-corrected chi connectivity index (χ2v) is 7.49. The van der Waals surface area contributed by atoms with Crippen molar-refractivity contribution in [1.29, 1.82) is 0 Å². The summed E-state index contributed by atoms with van der Waals surface area (Å²) in [6.45, 7) is 1.23. The summed E-state index contributed by atoms with van der Waals surface area (Å²) < 4.78 is 25.2. The average molecular weight is 421 g/mol. The third-order valence-corrected chi connectivity index (χ3v) is 4.74. The Morgan fingerprint density at radius 3 is 2.77 bits per heavy atom. The molecule has 136 valence electrons. The summed E-state index contributed by atoms with van der Waals surface area (Å²) >= 11 is 3.43. The number of nitrogens with zero attached hydrogens (tertiary/aromatic N) is 7. The monoisotopic (exact) mass is 420 g/mol. The van der Waals surface area contributed by atoms with Gasteiger partial charge in [0.25, 0.3) is 0 Å². The Balaban J connectivity index is 1.69. The van der Waals surface area contributed by atoms with Crippen LogP contribution < -0.4 is 10.6 Å². The van der Waals surface area contributed by atoms with E-state index in [-0.39, 0.29) is 11.8 Å². The number of anilines is 3. The van der Waals surface area contributed by atoms with E-state index in [4.69, 9.17) is 4.11 Å². The molecule has 26 heavy (non-hydrogen) atoms. The number of aryl methyl sites for hydroxylation is 1. The van der Waals surface area contributed by atoms with Gasteiger partial charge in [0.05, 0.1) is 22.6 Å². The lowest BCUT2D eigenvalue weighted by molar-refractivity contribution is 0.332. The van der Waals surface area contributed by atoms with Gasteiger partial charge in [-0.1, -0.05) is 0 Å². The molecule has 1 fully saturated rings. The van der Waals surface area contributed by atoms with E-state index in [1.165, 1.54) is 4.80 Å². The van der Waals surface area contributed by atoms with Crippen molar-refractivity contribution in [2.24, 2.45) is 6.98 Å². The quantitative estimate of drug-likeness (QED) is 0.632. The fourth-order valence-corrected chi connectivity index (χ4v) is 2.75. The van der Waals surface area contributed by atoms with Crippen LogP contribution in [0, 0.1) is 0 Å². The van der Waals surface area contributed by atoms with E-state index in [1.807, 2.05) is 13.8 Å². The molecular formula is C16H20BrN9. The van der Waals surface area contributed by atoms with Gasteiger partial charge in [-0.15, -0.1) is 0 Å². The average Bonchev–Trinajstić information content (AvgIpc) is 3.11. The van der Waals surface area contributed by atoms with E-state index in [0.717, 1.165) is 22.0 Å². The molecule has 0 saturated heterocycles. The largest absolute Gasteiger partial charge is 0.366 e.